The summed E-state index contributed by atoms with van der Waals surface area (Å²) in [6, 6.07) is 8.37. The molecule has 0 bridgehead atoms. The van der Waals surface area contributed by atoms with E-state index in [-0.39, 0.29) is 24.2 Å². The molecule has 1 aliphatic heterocycles. The highest BCUT2D eigenvalue weighted by Gasteiger charge is 2.24. The molecule has 0 aliphatic carbocycles. The number of likely N-dealkylation sites (N-methyl/N-ethyl adjacent to an activating group) is 1. The first-order valence-corrected chi connectivity index (χ1v) is 7.01. The Bertz CT molecular complexity index is 435. The number of halogens is 1. The number of para-hydroxylation sites is 1. The van der Waals surface area contributed by atoms with Crippen molar-refractivity contribution in [2.24, 2.45) is 5.92 Å². The summed E-state index contributed by atoms with van der Waals surface area (Å²) in [5, 5.41) is 6.13. The summed E-state index contributed by atoms with van der Waals surface area (Å²) in [5.41, 5.74) is 2.53. The molecule has 0 atom stereocenters. The van der Waals surface area contributed by atoms with Crippen LogP contribution in [0.3, 0.4) is 0 Å². The van der Waals surface area contributed by atoms with Crippen molar-refractivity contribution in [3.63, 3.8) is 0 Å². The van der Waals surface area contributed by atoms with Crippen LogP contribution in [0.15, 0.2) is 24.3 Å². The molecule has 0 radical (unpaired) electrons. The second kappa shape index (κ2) is 8.12. The van der Waals surface area contributed by atoms with Crippen molar-refractivity contribution >= 4 is 24.0 Å². The largest absolute Gasteiger partial charge is 0.370 e. The van der Waals surface area contributed by atoms with Gasteiger partial charge in [-0.05, 0) is 25.5 Å². The van der Waals surface area contributed by atoms with Crippen LogP contribution >= 0.6 is 12.4 Å². The van der Waals surface area contributed by atoms with Crippen molar-refractivity contribution in [2.45, 2.75) is 13.8 Å². The van der Waals surface area contributed by atoms with Crippen LogP contribution in [0.1, 0.15) is 12.5 Å². The summed E-state index contributed by atoms with van der Waals surface area (Å²) in [4.78, 5) is 14.0. The van der Waals surface area contributed by atoms with Gasteiger partial charge in [-0.15, -0.1) is 12.4 Å². The van der Waals surface area contributed by atoms with Crippen LogP contribution in [0.4, 0.5) is 5.69 Å². The minimum atomic E-state index is 0. The SMILES string of the molecule is CCN(CCNC(=O)C1CNC1)c1ccccc1C.Cl. The quantitative estimate of drug-likeness (QED) is 0.838. The fourth-order valence-corrected chi connectivity index (χ4v) is 2.30. The maximum Gasteiger partial charge on any atom is 0.225 e. The van der Waals surface area contributed by atoms with Gasteiger partial charge in [-0.3, -0.25) is 4.79 Å². The van der Waals surface area contributed by atoms with Gasteiger partial charge in [-0.1, -0.05) is 18.2 Å². The number of aryl methyl sites for hydroxylation is 1. The molecule has 112 valence electrons. The van der Waals surface area contributed by atoms with Crippen molar-refractivity contribution in [3.8, 4) is 0 Å². The van der Waals surface area contributed by atoms with Crippen molar-refractivity contribution in [1.82, 2.24) is 10.6 Å². The minimum Gasteiger partial charge on any atom is -0.370 e. The topological polar surface area (TPSA) is 44.4 Å². The number of nitrogens with zero attached hydrogens (tertiary/aromatic N) is 1. The van der Waals surface area contributed by atoms with E-state index < -0.39 is 0 Å². The van der Waals surface area contributed by atoms with Gasteiger partial charge in [0.15, 0.2) is 0 Å². The highest BCUT2D eigenvalue weighted by atomic mass is 35.5. The molecule has 0 aromatic heterocycles. The first-order chi connectivity index (χ1) is 9.22. The molecule has 1 fully saturated rings. The van der Waals surface area contributed by atoms with E-state index in [1.54, 1.807) is 0 Å². The van der Waals surface area contributed by atoms with Crippen LogP contribution in [0, 0.1) is 12.8 Å². The van der Waals surface area contributed by atoms with Crippen LogP contribution in [-0.4, -0.2) is 38.6 Å². The summed E-state index contributed by atoms with van der Waals surface area (Å²) in [5.74, 6) is 0.355. The van der Waals surface area contributed by atoms with Gasteiger partial charge in [0, 0.05) is 38.4 Å². The monoisotopic (exact) mass is 297 g/mol. The van der Waals surface area contributed by atoms with Gasteiger partial charge in [0.25, 0.3) is 0 Å². The van der Waals surface area contributed by atoms with Gasteiger partial charge >= 0.3 is 0 Å². The number of hydrogen-bond donors (Lipinski definition) is 2. The molecule has 1 saturated heterocycles. The number of nitrogens with one attached hydrogen (secondary N) is 2. The highest BCUT2D eigenvalue weighted by molar-refractivity contribution is 5.85. The maximum absolute atomic E-state index is 11.7. The zero-order chi connectivity index (χ0) is 13.7. The molecule has 0 unspecified atom stereocenters. The Balaban J connectivity index is 0.00000200. The Kier molecular flexibility index (Phi) is 6.82. The maximum atomic E-state index is 11.7. The van der Waals surface area contributed by atoms with Crippen LogP contribution in [0.25, 0.3) is 0 Å². The van der Waals surface area contributed by atoms with Gasteiger partial charge in [0.1, 0.15) is 0 Å². The van der Waals surface area contributed by atoms with Crippen LogP contribution in [-0.2, 0) is 4.79 Å². The Morgan fingerprint density at radius 3 is 2.65 bits per heavy atom. The van der Waals surface area contributed by atoms with E-state index in [1.807, 2.05) is 0 Å². The van der Waals surface area contributed by atoms with Gasteiger partial charge in [-0.2, -0.15) is 0 Å². The molecule has 0 saturated carbocycles. The first kappa shape index (κ1) is 16.8. The lowest BCUT2D eigenvalue weighted by Crippen LogP contribution is -2.51. The van der Waals surface area contributed by atoms with E-state index in [9.17, 15) is 4.79 Å². The average molecular weight is 298 g/mol. The fourth-order valence-electron chi connectivity index (χ4n) is 2.30. The summed E-state index contributed by atoms with van der Waals surface area (Å²) < 4.78 is 0. The zero-order valence-corrected chi connectivity index (χ0v) is 13.0. The average Bonchev–Trinajstić information content (AvgIpc) is 2.34. The van der Waals surface area contributed by atoms with E-state index in [0.717, 1.165) is 26.2 Å². The molecule has 0 spiro atoms. The number of benzene rings is 1. The fraction of sp³-hybridized carbons (Fsp3) is 0.533. The van der Waals surface area contributed by atoms with Crippen molar-refractivity contribution in [2.75, 3.05) is 37.6 Å². The third kappa shape index (κ3) is 4.12. The number of carbonyl (C=O) groups excluding carboxylic acids is 1. The highest BCUT2D eigenvalue weighted by Crippen LogP contribution is 2.18. The molecule has 2 N–H and O–H groups in total. The van der Waals surface area contributed by atoms with Crippen LogP contribution in [0.5, 0.6) is 0 Å². The third-order valence-electron chi connectivity index (χ3n) is 3.67. The van der Waals surface area contributed by atoms with Gasteiger partial charge in [0.2, 0.25) is 5.91 Å². The molecular weight excluding hydrogens is 274 g/mol. The van der Waals surface area contributed by atoms with Gasteiger partial charge in [0.05, 0.1) is 5.92 Å². The molecule has 1 amide bonds. The number of anilines is 1. The summed E-state index contributed by atoms with van der Waals surface area (Å²) in [6.45, 7) is 8.42. The Morgan fingerprint density at radius 1 is 1.40 bits per heavy atom. The molecule has 4 nitrogen and oxygen atoms in total. The lowest BCUT2D eigenvalue weighted by atomic mass is 10.0. The molecule has 20 heavy (non-hydrogen) atoms. The molecule has 1 aromatic carbocycles. The second-order valence-corrected chi connectivity index (χ2v) is 5.01. The molecule has 1 heterocycles. The number of hydrogen-bond acceptors (Lipinski definition) is 3. The van der Waals surface area contributed by atoms with E-state index in [4.69, 9.17) is 0 Å². The van der Waals surface area contributed by atoms with E-state index in [0.29, 0.717) is 6.54 Å². The van der Waals surface area contributed by atoms with E-state index in [1.165, 1.54) is 11.3 Å². The predicted molar refractivity (Wildman–Crippen MR) is 85.7 cm³/mol. The number of rotatable bonds is 6. The van der Waals surface area contributed by atoms with E-state index >= 15 is 0 Å². The number of amides is 1. The molecule has 1 aliphatic rings. The van der Waals surface area contributed by atoms with Crippen molar-refractivity contribution < 1.29 is 4.79 Å². The van der Waals surface area contributed by atoms with Gasteiger partial charge < -0.3 is 15.5 Å². The predicted octanol–water partition coefficient (Wildman–Crippen LogP) is 1.58. The molecular formula is C15H24ClN3O. The third-order valence-corrected chi connectivity index (χ3v) is 3.67. The normalized spacial score (nSPS) is 14.1. The van der Waals surface area contributed by atoms with Crippen LogP contribution < -0.4 is 15.5 Å². The Hall–Kier alpha value is -1.26. The van der Waals surface area contributed by atoms with Crippen LogP contribution in [0.2, 0.25) is 0 Å². The summed E-state index contributed by atoms with van der Waals surface area (Å²) in [6.07, 6.45) is 0. The molecule has 5 heteroatoms. The summed E-state index contributed by atoms with van der Waals surface area (Å²) in [7, 11) is 0. The Morgan fingerprint density at radius 2 is 2.10 bits per heavy atom. The first-order valence-electron chi connectivity index (χ1n) is 7.01. The zero-order valence-electron chi connectivity index (χ0n) is 12.2. The summed E-state index contributed by atoms with van der Waals surface area (Å²) >= 11 is 0. The lowest BCUT2D eigenvalue weighted by Gasteiger charge is -2.28. The Labute approximate surface area is 127 Å². The molecule has 1 aromatic rings. The van der Waals surface area contributed by atoms with E-state index in [2.05, 4.69) is 53.6 Å². The molecule has 2 rings (SSSR count). The lowest BCUT2D eigenvalue weighted by molar-refractivity contribution is -0.126. The number of carbonyl (C=O) groups is 1. The smallest absolute Gasteiger partial charge is 0.225 e. The standard InChI is InChI=1S/C15H23N3O.ClH/c1-3-18(14-7-5-4-6-12(14)2)9-8-17-15(19)13-10-16-11-13;/h4-7,13,16H,3,8-11H2,1-2H3,(H,17,19);1H. The van der Waals surface area contributed by atoms with Gasteiger partial charge in [-0.25, -0.2) is 0 Å². The van der Waals surface area contributed by atoms with Crippen molar-refractivity contribution in [1.29, 1.82) is 0 Å². The second-order valence-electron chi connectivity index (χ2n) is 5.01. The van der Waals surface area contributed by atoms with Crippen molar-refractivity contribution in [3.05, 3.63) is 29.8 Å². The minimum absolute atomic E-state index is 0.